The highest BCUT2D eigenvalue weighted by molar-refractivity contribution is 5.88. The van der Waals surface area contributed by atoms with Crippen LogP contribution in [0.25, 0.3) is 0 Å². The van der Waals surface area contributed by atoms with Gasteiger partial charge in [-0.15, -0.1) is 0 Å². The highest BCUT2D eigenvalue weighted by Crippen LogP contribution is 2.54. The average molecular weight is 194 g/mol. The number of carboxylic acid groups (broad SMARTS) is 1. The number of rotatable bonds is 3. The van der Waals surface area contributed by atoms with E-state index in [9.17, 15) is 9.59 Å². The molecule has 2 rings (SSSR count). The molecule has 3 nitrogen and oxygen atoms in total. The molecule has 0 aromatic carbocycles. The lowest BCUT2D eigenvalue weighted by atomic mass is 9.70. The van der Waals surface area contributed by atoms with Gasteiger partial charge in [0.1, 0.15) is 5.78 Å². The molecule has 0 spiro atoms. The van der Waals surface area contributed by atoms with Crippen LogP contribution < -0.4 is 0 Å². The minimum atomic E-state index is -0.860. The van der Waals surface area contributed by atoms with Crippen LogP contribution in [0.1, 0.15) is 26.2 Å². The summed E-state index contributed by atoms with van der Waals surface area (Å²) in [6, 6.07) is 0. The number of fused-ring (bicyclic) bond motifs is 2. The zero-order chi connectivity index (χ0) is 10.3. The maximum Gasteiger partial charge on any atom is 0.304 e. The molecule has 2 aliphatic rings. The third-order valence-corrected chi connectivity index (χ3v) is 3.68. The lowest BCUT2D eigenvalue weighted by molar-refractivity contribution is -0.145. The third-order valence-electron chi connectivity index (χ3n) is 3.68. The first-order chi connectivity index (χ1) is 6.54. The van der Waals surface area contributed by atoms with Crippen LogP contribution in [-0.2, 0) is 9.59 Å². The summed E-state index contributed by atoms with van der Waals surface area (Å²) < 4.78 is 0. The summed E-state index contributed by atoms with van der Waals surface area (Å²) in [6.45, 7) is 1.53. The second-order valence-electron chi connectivity index (χ2n) is 4.47. The molecule has 3 atom stereocenters. The first-order valence-electron chi connectivity index (χ1n) is 4.96. The van der Waals surface area contributed by atoms with E-state index in [-0.39, 0.29) is 18.1 Å². The lowest BCUT2D eigenvalue weighted by Gasteiger charge is -2.31. The molecule has 76 valence electrons. The van der Waals surface area contributed by atoms with E-state index in [1.165, 1.54) is 6.92 Å². The number of allylic oxidation sites excluding steroid dienone is 2. The predicted molar refractivity (Wildman–Crippen MR) is 50.7 cm³/mol. The summed E-state index contributed by atoms with van der Waals surface area (Å²) in [6.07, 6.45) is 5.84. The first kappa shape index (κ1) is 9.44. The van der Waals surface area contributed by atoms with Crippen molar-refractivity contribution >= 4 is 11.8 Å². The van der Waals surface area contributed by atoms with Crippen molar-refractivity contribution in [1.82, 2.24) is 0 Å². The van der Waals surface area contributed by atoms with Crippen molar-refractivity contribution in [2.75, 3.05) is 0 Å². The average Bonchev–Trinajstić information content (AvgIpc) is 2.61. The molecule has 0 heterocycles. The van der Waals surface area contributed by atoms with Crippen molar-refractivity contribution in [2.24, 2.45) is 17.3 Å². The van der Waals surface area contributed by atoms with Gasteiger partial charge in [-0.1, -0.05) is 12.2 Å². The van der Waals surface area contributed by atoms with E-state index in [1.54, 1.807) is 0 Å². The number of carboxylic acids is 1. The Kier molecular flexibility index (Phi) is 1.98. The summed E-state index contributed by atoms with van der Waals surface area (Å²) in [7, 11) is 0. The largest absolute Gasteiger partial charge is 0.481 e. The van der Waals surface area contributed by atoms with Gasteiger partial charge in [0, 0.05) is 5.41 Å². The first-order valence-corrected chi connectivity index (χ1v) is 4.96. The van der Waals surface area contributed by atoms with E-state index in [1.807, 2.05) is 6.08 Å². The van der Waals surface area contributed by atoms with E-state index >= 15 is 0 Å². The van der Waals surface area contributed by atoms with E-state index in [4.69, 9.17) is 5.11 Å². The fourth-order valence-electron chi connectivity index (χ4n) is 2.96. The van der Waals surface area contributed by atoms with Gasteiger partial charge in [-0.2, -0.15) is 0 Å². The molecule has 3 unspecified atom stereocenters. The normalized spacial score (nSPS) is 38.9. The number of hydrogen-bond acceptors (Lipinski definition) is 2. The van der Waals surface area contributed by atoms with Gasteiger partial charge in [-0.25, -0.2) is 0 Å². The molecule has 0 aromatic heterocycles. The number of ketones is 1. The van der Waals surface area contributed by atoms with Crippen LogP contribution >= 0.6 is 0 Å². The second-order valence-corrected chi connectivity index (χ2v) is 4.47. The summed E-state index contributed by atoms with van der Waals surface area (Å²) in [5.41, 5.74) is -0.592. The zero-order valence-corrected chi connectivity index (χ0v) is 8.19. The molecule has 3 heteroatoms. The Bertz CT molecular complexity index is 318. The topological polar surface area (TPSA) is 54.4 Å². The fraction of sp³-hybridized carbons (Fsp3) is 0.636. The van der Waals surface area contributed by atoms with Gasteiger partial charge >= 0.3 is 5.97 Å². The summed E-state index contributed by atoms with van der Waals surface area (Å²) in [4.78, 5) is 22.4. The van der Waals surface area contributed by atoms with Crippen LogP contribution in [-0.4, -0.2) is 16.9 Å². The molecule has 14 heavy (non-hydrogen) atoms. The van der Waals surface area contributed by atoms with Gasteiger partial charge in [0.25, 0.3) is 0 Å². The predicted octanol–water partition coefficient (Wildman–Crippen LogP) is 1.63. The Hall–Kier alpha value is -1.12. The van der Waals surface area contributed by atoms with Crippen molar-refractivity contribution in [3.8, 4) is 0 Å². The smallest absolute Gasteiger partial charge is 0.304 e. The number of carbonyl (C=O) groups excluding carboxylic acids is 1. The zero-order valence-electron chi connectivity index (χ0n) is 8.19. The molecular formula is C11H14O3. The van der Waals surface area contributed by atoms with Crippen LogP contribution in [0.15, 0.2) is 12.2 Å². The van der Waals surface area contributed by atoms with Crippen LogP contribution in [0, 0.1) is 17.3 Å². The Morgan fingerprint density at radius 2 is 2.21 bits per heavy atom. The molecule has 1 fully saturated rings. The van der Waals surface area contributed by atoms with Crippen LogP contribution in [0.3, 0.4) is 0 Å². The molecule has 1 saturated carbocycles. The highest BCUT2D eigenvalue weighted by Gasteiger charge is 2.52. The molecule has 2 bridgehead atoms. The van der Waals surface area contributed by atoms with E-state index in [0.717, 1.165) is 12.8 Å². The maximum atomic E-state index is 11.6. The van der Waals surface area contributed by atoms with E-state index in [2.05, 4.69) is 6.08 Å². The summed E-state index contributed by atoms with van der Waals surface area (Å²) >= 11 is 0. The molecule has 0 saturated heterocycles. The number of Topliss-reactive ketones (excluding diaryl/α,β-unsaturated/α-hetero) is 1. The standard InChI is InChI=1S/C11H14O3/c1-7(12)11(6-10(13)14)5-8-2-3-9(11)4-8/h2-3,8-9H,4-6H2,1H3,(H,13,14). The van der Waals surface area contributed by atoms with Crippen molar-refractivity contribution < 1.29 is 14.7 Å². The van der Waals surface area contributed by atoms with Crippen molar-refractivity contribution in [3.63, 3.8) is 0 Å². The SMILES string of the molecule is CC(=O)C1(CC(=O)O)CC2C=CC1C2. The molecule has 0 radical (unpaired) electrons. The van der Waals surface area contributed by atoms with Crippen molar-refractivity contribution in [3.05, 3.63) is 12.2 Å². The fourth-order valence-corrected chi connectivity index (χ4v) is 2.96. The van der Waals surface area contributed by atoms with Crippen LogP contribution in [0.5, 0.6) is 0 Å². The van der Waals surface area contributed by atoms with Gasteiger partial charge in [0.15, 0.2) is 0 Å². The number of aliphatic carboxylic acids is 1. The Morgan fingerprint density at radius 1 is 1.50 bits per heavy atom. The highest BCUT2D eigenvalue weighted by atomic mass is 16.4. The van der Waals surface area contributed by atoms with E-state index < -0.39 is 11.4 Å². The minimum Gasteiger partial charge on any atom is -0.481 e. The maximum absolute atomic E-state index is 11.6. The third kappa shape index (κ3) is 1.19. The Balaban J connectivity index is 2.29. The quantitative estimate of drug-likeness (QED) is 0.695. The van der Waals surface area contributed by atoms with Gasteiger partial charge in [0.2, 0.25) is 0 Å². The number of carbonyl (C=O) groups is 2. The van der Waals surface area contributed by atoms with Crippen molar-refractivity contribution in [1.29, 1.82) is 0 Å². The molecule has 0 aromatic rings. The van der Waals surface area contributed by atoms with Gasteiger partial charge in [-0.3, -0.25) is 9.59 Å². The molecular weight excluding hydrogens is 180 g/mol. The Morgan fingerprint density at radius 3 is 2.57 bits per heavy atom. The second kappa shape index (κ2) is 2.94. The van der Waals surface area contributed by atoms with Crippen LogP contribution in [0.2, 0.25) is 0 Å². The number of hydrogen-bond donors (Lipinski definition) is 1. The molecule has 1 N–H and O–H groups in total. The summed E-state index contributed by atoms with van der Waals surface area (Å²) in [5, 5.41) is 8.84. The molecule has 0 amide bonds. The molecule has 2 aliphatic carbocycles. The minimum absolute atomic E-state index is 0.00611. The van der Waals surface area contributed by atoms with Crippen LogP contribution in [0.4, 0.5) is 0 Å². The van der Waals surface area contributed by atoms with Gasteiger partial charge in [0.05, 0.1) is 6.42 Å². The van der Waals surface area contributed by atoms with Crippen molar-refractivity contribution in [2.45, 2.75) is 26.2 Å². The van der Waals surface area contributed by atoms with E-state index in [0.29, 0.717) is 5.92 Å². The lowest BCUT2D eigenvalue weighted by Crippen LogP contribution is -2.35. The monoisotopic (exact) mass is 194 g/mol. The summed E-state index contributed by atoms with van der Waals surface area (Å²) in [5.74, 6) is -0.220. The Labute approximate surface area is 82.8 Å². The van der Waals surface area contributed by atoms with Gasteiger partial charge < -0.3 is 5.11 Å². The van der Waals surface area contributed by atoms with Gasteiger partial charge in [-0.05, 0) is 31.6 Å². The molecule has 0 aliphatic heterocycles.